The number of carbonyl (C=O) groups excluding carboxylic acids is 2. The van der Waals surface area contributed by atoms with E-state index in [1.165, 1.54) is 0 Å². The summed E-state index contributed by atoms with van der Waals surface area (Å²) >= 11 is 12.4. The van der Waals surface area contributed by atoms with Gasteiger partial charge in [-0.1, -0.05) is 41.4 Å². The van der Waals surface area contributed by atoms with Gasteiger partial charge in [0.05, 0.1) is 0 Å². The average Bonchev–Trinajstić information content (AvgIpc) is 2.98. The van der Waals surface area contributed by atoms with Crippen LogP contribution in [0, 0.1) is 0 Å². The van der Waals surface area contributed by atoms with Gasteiger partial charge in [0, 0.05) is 53.9 Å². The van der Waals surface area contributed by atoms with Crippen LogP contribution in [0.5, 0.6) is 0 Å². The summed E-state index contributed by atoms with van der Waals surface area (Å²) in [7, 11) is 0. The lowest BCUT2D eigenvalue weighted by Crippen LogP contribution is -2.60. The molecule has 0 radical (unpaired) electrons. The molecule has 8 heteroatoms. The van der Waals surface area contributed by atoms with Gasteiger partial charge < -0.3 is 15.0 Å². The molecule has 1 fully saturated rings. The number of piperazine rings is 1. The lowest BCUT2D eigenvalue weighted by Gasteiger charge is -2.44. The molecule has 6 nitrogen and oxygen atoms in total. The van der Waals surface area contributed by atoms with Gasteiger partial charge in [-0.25, -0.2) is 4.79 Å². The van der Waals surface area contributed by atoms with E-state index in [1.54, 1.807) is 11.0 Å². The maximum Gasteiger partial charge on any atom is 0.410 e. The molecule has 1 unspecified atom stereocenters. The predicted octanol–water partition coefficient (Wildman–Crippen LogP) is 4.94. The Morgan fingerprint density at radius 3 is 2.41 bits per heavy atom. The lowest BCUT2D eigenvalue weighted by molar-refractivity contribution is -0.129. The predicted molar refractivity (Wildman–Crippen MR) is 126 cm³/mol. The molecule has 32 heavy (non-hydrogen) atoms. The number of rotatable bonds is 3. The molecule has 0 aromatic heterocycles. The monoisotopic (exact) mass is 475 g/mol. The minimum Gasteiger partial charge on any atom is -0.444 e. The van der Waals surface area contributed by atoms with Crippen LogP contribution in [0.1, 0.15) is 31.9 Å². The molecule has 0 bridgehead atoms. The van der Waals surface area contributed by atoms with Crippen molar-refractivity contribution in [2.45, 2.75) is 38.3 Å². The van der Waals surface area contributed by atoms with Gasteiger partial charge in [0.2, 0.25) is 5.91 Å². The number of hydrogen-bond donors (Lipinski definition) is 1. The Labute approximate surface area is 198 Å². The van der Waals surface area contributed by atoms with Crippen LogP contribution in [-0.4, -0.2) is 53.6 Å². The standard InChI is InChI=1S/C24H27Cl2N3O3/c1-23(2,3)32-22(31)28-9-11-29(12-10-28)24(15-16-5-4-6-17(25)13-16)19-8-7-18(26)14-20(19)27-21(24)30/h4-8,13-14H,9-12,15H2,1-3H3,(H,27,30). The molecule has 4 rings (SSSR count). The Morgan fingerprint density at radius 2 is 1.75 bits per heavy atom. The van der Waals surface area contributed by atoms with Crippen LogP contribution in [-0.2, 0) is 21.5 Å². The Hall–Kier alpha value is -2.28. The molecule has 2 aliphatic heterocycles. The fourth-order valence-electron chi connectivity index (χ4n) is 4.47. The third-order valence-corrected chi connectivity index (χ3v) is 6.34. The molecule has 2 aliphatic rings. The highest BCUT2D eigenvalue weighted by atomic mass is 35.5. The Balaban J connectivity index is 1.65. The van der Waals surface area contributed by atoms with E-state index in [0.717, 1.165) is 16.8 Å². The van der Waals surface area contributed by atoms with Gasteiger partial charge >= 0.3 is 6.09 Å². The van der Waals surface area contributed by atoms with Gasteiger partial charge in [-0.3, -0.25) is 9.69 Å². The van der Waals surface area contributed by atoms with Gasteiger partial charge in [-0.05, 0) is 50.6 Å². The van der Waals surface area contributed by atoms with E-state index in [1.807, 2.05) is 57.2 Å². The molecule has 1 N–H and O–H groups in total. The number of nitrogens with zero attached hydrogens (tertiary/aromatic N) is 2. The summed E-state index contributed by atoms with van der Waals surface area (Å²) in [4.78, 5) is 29.9. The molecule has 1 atom stereocenters. The molecule has 2 aromatic rings. The van der Waals surface area contributed by atoms with Crippen molar-refractivity contribution in [2.24, 2.45) is 0 Å². The fourth-order valence-corrected chi connectivity index (χ4v) is 4.85. The van der Waals surface area contributed by atoms with Crippen LogP contribution in [0.4, 0.5) is 10.5 Å². The van der Waals surface area contributed by atoms with Crippen molar-refractivity contribution in [1.29, 1.82) is 0 Å². The van der Waals surface area contributed by atoms with Crippen molar-refractivity contribution in [1.82, 2.24) is 9.80 Å². The minimum absolute atomic E-state index is 0.0968. The number of fused-ring (bicyclic) bond motifs is 1. The van der Waals surface area contributed by atoms with E-state index in [-0.39, 0.29) is 12.0 Å². The SMILES string of the molecule is CC(C)(C)OC(=O)N1CCN(C2(Cc3cccc(Cl)c3)C(=O)Nc3cc(Cl)ccc32)CC1. The zero-order valence-electron chi connectivity index (χ0n) is 18.5. The summed E-state index contributed by atoms with van der Waals surface area (Å²) in [6.07, 6.45) is 0.129. The van der Waals surface area contributed by atoms with Crippen molar-refractivity contribution >= 4 is 40.9 Å². The van der Waals surface area contributed by atoms with Crippen LogP contribution < -0.4 is 5.32 Å². The number of benzene rings is 2. The number of nitrogens with one attached hydrogen (secondary N) is 1. The van der Waals surface area contributed by atoms with Crippen molar-refractivity contribution < 1.29 is 14.3 Å². The van der Waals surface area contributed by atoms with E-state index in [2.05, 4.69) is 10.2 Å². The number of amides is 2. The molecule has 170 valence electrons. The van der Waals surface area contributed by atoms with Crippen molar-refractivity contribution in [3.63, 3.8) is 0 Å². The molecule has 1 saturated heterocycles. The van der Waals surface area contributed by atoms with Crippen molar-refractivity contribution in [3.8, 4) is 0 Å². The molecular weight excluding hydrogens is 449 g/mol. The topological polar surface area (TPSA) is 61.9 Å². The molecule has 0 saturated carbocycles. The molecule has 2 amide bonds. The summed E-state index contributed by atoms with van der Waals surface area (Å²) in [6, 6.07) is 13.1. The second-order valence-electron chi connectivity index (χ2n) is 9.27. The van der Waals surface area contributed by atoms with Gasteiger partial charge in [0.1, 0.15) is 11.1 Å². The minimum atomic E-state index is -0.912. The Morgan fingerprint density at radius 1 is 1.06 bits per heavy atom. The van der Waals surface area contributed by atoms with Crippen molar-refractivity contribution in [2.75, 3.05) is 31.5 Å². The van der Waals surface area contributed by atoms with E-state index in [0.29, 0.717) is 42.6 Å². The second-order valence-corrected chi connectivity index (χ2v) is 10.1. The second kappa shape index (κ2) is 8.58. The molecule has 0 spiro atoms. The number of carbonyl (C=O) groups is 2. The highest BCUT2D eigenvalue weighted by molar-refractivity contribution is 6.31. The molecule has 2 aromatic carbocycles. The van der Waals surface area contributed by atoms with Crippen molar-refractivity contribution in [3.05, 3.63) is 63.6 Å². The molecule has 0 aliphatic carbocycles. The van der Waals surface area contributed by atoms with Crippen LogP contribution in [0.3, 0.4) is 0 Å². The highest BCUT2D eigenvalue weighted by Crippen LogP contribution is 2.44. The number of halogens is 2. The zero-order chi connectivity index (χ0) is 23.1. The van der Waals surface area contributed by atoms with Gasteiger partial charge in [-0.2, -0.15) is 0 Å². The summed E-state index contributed by atoms with van der Waals surface area (Å²) in [5, 5.41) is 4.22. The van der Waals surface area contributed by atoms with Gasteiger partial charge in [0.15, 0.2) is 0 Å². The summed E-state index contributed by atoms with van der Waals surface area (Å²) in [6.45, 7) is 7.58. The first-order chi connectivity index (χ1) is 15.1. The average molecular weight is 476 g/mol. The van der Waals surface area contributed by atoms with E-state index < -0.39 is 11.1 Å². The third kappa shape index (κ3) is 4.45. The first-order valence-corrected chi connectivity index (χ1v) is 11.4. The fraction of sp³-hybridized carbons (Fsp3) is 0.417. The summed E-state index contributed by atoms with van der Waals surface area (Å²) < 4.78 is 5.52. The maximum absolute atomic E-state index is 13.5. The molecular formula is C24H27Cl2N3O3. The number of ether oxygens (including phenoxy) is 1. The zero-order valence-corrected chi connectivity index (χ0v) is 20.0. The molecule has 2 heterocycles. The highest BCUT2D eigenvalue weighted by Gasteiger charge is 2.52. The van der Waals surface area contributed by atoms with Crippen LogP contribution in [0.2, 0.25) is 10.0 Å². The largest absolute Gasteiger partial charge is 0.444 e. The van der Waals surface area contributed by atoms with Gasteiger partial charge in [0.25, 0.3) is 0 Å². The van der Waals surface area contributed by atoms with E-state index >= 15 is 0 Å². The first kappa shape index (κ1) is 22.9. The summed E-state index contributed by atoms with van der Waals surface area (Å²) in [5.74, 6) is -0.0968. The van der Waals surface area contributed by atoms with Gasteiger partial charge in [-0.15, -0.1) is 0 Å². The smallest absolute Gasteiger partial charge is 0.410 e. The third-order valence-electron chi connectivity index (χ3n) is 5.87. The Bertz CT molecular complexity index is 1050. The van der Waals surface area contributed by atoms with E-state index in [9.17, 15) is 9.59 Å². The number of anilines is 1. The Kier molecular flexibility index (Phi) is 6.14. The van der Waals surface area contributed by atoms with Crippen LogP contribution in [0.15, 0.2) is 42.5 Å². The van der Waals surface area contributed by atoms with Crippen LogP contribution in [0.25, 0.3) is 0 Å². The first-order valence-electron chi connectivity index (χ1n) is 10.7. The maximum atomic E-state index is 13.5. The number of hydrogen-bond acceptors (Lipinski definition) is 4. The lowest BCUT2D eigenvalue weighted by atomic mass is 9.82. The van der Waals surface area contributed by atoms with Crippen LogP contribution >= 0.6 is 23.2 Å². The normalized spacial score (nSPS) is 21.3. The quantitative estimate of drug-likeness (QED) is 0.682. The van der Waals surface area contributed by atoms with E-state index in [4.69, 9.17) is 27.9 Å². The summed E-state index contributed by atoms with van der Waals surface area (Å²) in [5.41, 5.74) is 1.11.